The molecular formula is C23H31N3O2. The van der Waals surface area contributed by atoms with E-state index in [1.807, 2.05) is 30.3 Å². The summed E-state index contributed by atoms with van der Waals surface area (Å²) in [4.78, 5) is 17.0. The third kappa shape index (κ3) is 5.81. The molecule has 1 N–H and O–H groups in total. The molecule has 1 atom stereocenters. The number of amides is 1. The molecule has 28 heavy (non-hydrogen) atoms. The van der Waals surface area contributed by atoms with E-state index in [0.29, 0.717) is 18.7 Å². The van der Waals surface area contributed by atoms with Gasteiger partial charge in [-0.15, -0.1) is 0 Å². The van der Waals surface area contributed by atoms with Gasteiger partial charge in [-0.2, -0.15) is 0 Å². The zero-order valence-electron chi connectivity index (χ0n) is 16.9. The first-order valence-corrected chi connectivity index (χ1v) is 10.1. The van der Waals surface area contributed by atoms with Gasteiger partial charge in [-0.3, -0.25) is 9.69 Å². The summed E-state index contributed by atoms with van der Waals surface area (Å²) in [6, 6.07) is 18.3. The van der Waals surface area contributed by atoms with Crippen LogP contribution >= 0.6 is 0 Å². The number of carbonyl (C=O) groups is 1. The highest BCUT2D eigenvalue weighted by molar-refractivity contribution is 5.94. The molecule has 2 aromatic carbocycles. The van der Waals surface area contributed by atoms with E-state index >= 15 is 0 Å². The number of nitrogens with one attached hydrogen (secondary N) is 1. The third-order valence-electron chi connectivity index (χ3n) is 5.09. The lowest BCUT2D eigenvalue weighted by atomic mass is 10.1. The summed E-state index contributed by atoms with van der Waals surface area (Å²) >= 11 is 0. The second kappa shape index (κ2) is 10.2. The molecule has 0 spiro atoms. The summed E-state index contributed by atoms with van der Waals surface area (Å²) in [5.41, 5.74) is 3.12. The Labute approximate surface area is 168 Å². The summed E-state index contributed by atoms with van der Waals surface area (Å²) < 4.78 is 5.85. The van der Waals surface area contributed by atoms with Crippen molar-refractivity contribution >= 4 is 11.6 Å². The maximum Gasteiger partial charge on any atom is 0.251 e. The zero-order valence-corrected chi connectivity index (χ0v) is 16.9. The topological polar surface area (TPSA) is 44.8 Å². The number of anilines is 1. The number of ether oxygens (including phenoxy) is 1. The molecule has 0 saturated carbocycles. The predicted octanol–water partition coefficient (Wildman–Crippen LogP) is 3.16. The van der Waals surface area contributed by atoms with Crippen LogP contribution in [0.4, 0.5) is 5.69 Å². The molecular weight excluding hydrogens is 350 g/mol. The Morgan fingerprint density at radius 1 is 1.18 bits per heavy atom. The minimum atomic E-state index is -0.0477. The average molecular weight is 382 g/mol. The van der Waals surface area contributed by atoms with Crippen molar-refractivity contribution in [3.8, 4) is 0 Å². The number of hydrogen-bond donors (Lipinski definition) is 1. The number of hydrogen-bond acceptors (Lipinski definition) is 4. The Bertz CT molecular complexity index is 733. The van der Waals surface area contributed by atoms with Gasteiger partial charge in [0.2, 0.25) is 0 Å². The fraction of sp³-hybridized carbons (Fsp3) is 0.435. The van der Waals surface area contributed by atoms with E-state index in [1.54, 1.807) is 0 Å². The molecule has 1 saturated heterocycles. The van der Waals surface area contributed by atoms with Gasteiger partial charge < -0.3 is 15.0 Å². The van der Waals surface area contributed by atoms with Crippen LogP contribution in [0.5, 0.6) is 0 Å². The Kier molecular flexibility index (Phi) is 7.46. The first-order valence-electron chi connectivity index (χ1n) is 10.1. The molecule has 150 valence electrons. The molecule has 0 aromatic heterocycles. The monoisotopic (exact) mass is 381 g/mol. The van der Waals surface area contributed by atoms with E-state index < -0.39 is 0 Å². The van der Waals surface area contributed by atoms with Crippen LogP contribution in [-0.4, -0.2) is 56.7 Å². The minimum Gasteiger partial charge on any atom is -0.375 e. The van der Waals surface area contributed by atoms with E-state index in [2.05, 4.69) is 53.4 Å². The summed E-state index contributed by atoms with van der Waals surface area (Å²) in [6.07, 6.45) is 1.12. The number of nitrogens with zero attached hydrogens (tertiary/aromatic N) is 2. The molecule has 0 radical (unpaired) electrons. The molecule has 2 aromatic rings. The number of carbonyl (C=O) groups excluding carboxylic acids is 1. The Hall–Kier alpha value is -2.37. The number of benzene rings is 2. The second-order valence-corrected chi connectivity index (χ2v) is 7.39. The van der Waals surface area contributed by atoms with Gasteiger partial charge in [0.15, 0.2) is 0 Å². The Balaban J connectivity index is 1.47. The molecule has 3 rings (SSSR count). The maximum atomic E-state index is 12.5. The van der Waals surface area contributed by atoms with Gasteiger partial charge in [0.1, 0.15) is 0 Å². The first-order chi connectivity index (χ1) is 13.7. The quantitative estimate of drug-likeness (QED) is 0.763. The fourth-order valence-corrected chi connectivity index (χ4v) is 3.53. The van der Waals surface area contributed by atoms with E-state index in [0.717, 1.165) is 38.3 Å². The summed E-state index contributed by atoms with van der Waals surface area (Å²) in [7, 11) is 2.07. The zero-order chi connectivity index (χ0) is 19.8. The van der Waals surface area contributed by atoms with Crippen LogP contribution in [0.15, 0.2) is 54.6 Å². The molecule has 5 nitrogen and oxygen atoms in total. The van der Waals surface area contributed by atoms with Gasteiger partial charge >= 0.3 is 0 Å². The van der Waals surface area contributed by atoms with Crippen molar-refractivity contribution in [1.29, 1.82) is 0 Å². The van der Waals surface area contributed by atoms with Crippen molar-refractivity contribution in [2.24, 2.45) is 0 Å². The van der Waals surface area contributed by atoms with Crippen molar-refractivity contribution in [3.63, 3.8) is 0 Å². The molecule has 0 bridgehead atoms. The van der Waals surface area contributed by atoms with Gasteiger partial charge in [0, 0.05) is 51.0 Å². The van der Waals surface area contributed by atoms with Crippen LogP contribution in [0, 0.1) is 0 Å². The Morgan fingerprint density at radius 3 is 2.64 bits per heavy atom. The lowest BCUT2D eigenvalue weighted by Gasteiger charge is -2.33. The standard InChI is InChI=1S/C23H31N3O2/c1-3-13-25(2)21-11-9-20(10-12-21)23(27)24-16-22-18-26(14-15-28-22)17-19-7-5-4-6-8-19/h4-12,22H,3,13-18H2,1-2H3,(H,24,27). The van der Waals surface area contributed by atoms with E-state index in [4.69, 9.17) is 4.74 Å². The van der Waals surface area contributed by atoms with Gasteiger partial charge in [0.05, 0.1) is 12.7 Å². The van der Waals surface area contributed by atoms with Crippen molar-refractivity contribution < 1.29 is 9.53 Å². The third-order valence-corrected chi connectivity index (χ3v) is 5.09. The van der Waals surface area contributed by atoms with Gasteiger partial charge in [-0.25, -0.2) is 0 Å². The largest absolute Gasteiger partial charge is 0.375 e. The summed E-state index contributed by atoms with van der Waals surface area (Å²) in [6.45, 7) is 7.06. The molecule has 5 heteroatoms. The van der Waals surface area contributed by atoms with Crippen LogP contribution in [0.1, 0.15) is 29.3 Å². The number of morpholine rings is 1. The predicted molar refractivity (Wildman–Crippen MR) is 114 cm³/mol. The SMILES string of the molecule is CCCN(C)c1ccc(C(=O)NCC2CN(Cc3ccccc3)CCO2)cc1. The molecule has 1 fully saturated rings. The highest BCUT2D eigenvalue weighted by atomic mass is 16.5. The highest BCUT2D eigenvalue weighted by Crippen LogP contribution is 2.14. The lowest BCUT2D eigenvalue weighted by Crippen LogP contribution is -2.47. The van der Waals surface area contributed by atoms with Gasteiger partial charge in [0.25, 0.3) is 5.91 Å². The van der Waals surface area contributed by atoms with E-state index in [9.17, 15) is 4.79 Å². The van der Waals surface area contributed by atoms with Crippen molar-refractivity contribution in [2.75, 3.05) is 44.7 Å². The van der Waals surface area contributed by atoms with Crippen LogP contribution in [-0.2, 0) is 11.3 Å². The van der Waals surface area contributed by atoms with Crippen LogP contribution < -0.4 is 10.2 Å². The molecule has 1 unspecified atom stereocenters. The number of rotatable bonds is 8. The van der Waals surface area contributed by atoms with E-state index in [-0.39, 0.29) is 12.0 Å². The van der Waals surface area contributed by atoms with Crippen LogP contribution in [0.3, 0.4) is 0 Å². The molecule has 1 aliphatic rings. The van der Waals surface area contributed by atoms with Crippen molar-refractivity contribution in [1.82, 2.24) is 10.2 Å². The van der Waals surface area contributed by atoms with Gasteiger partial charge in [-0.05, 0) is 36.2 Å². The van der Waals surface area contributed by atoms with Gasteiger partial charge in [-0.1, -0.05) is 37.3 Å². The maximum absolute atomic E-state index is 12.5. The summed E-state index contributed by atoms with van der Waals surface area (Å²) in [5.74, 6) is -0.0477. The van der Waals surface area contributed by atoms with Crippen molar-refractivity contribution in [2.45, 2.75) is 26.0 Å². The van der Waals surface area contributed by atoms with Crippen LogP contribution in [0.2, 0.25) is 0 Å². The van der Waals surface area contributed by atoms with Crippen LogP contribution in [0.25, 0.3) is 0 Å². The molecule has 1 heterocycles. The average Bonchev–Trinajstić information content (AvgIpc) is 2.73. The summed E-state index contributed by atoms with van der Waals surface area (Å²) in [5, 5.41) is 3.02. The minimum absolute atomic E-state index is 0.0244. The second-order valence-electron chi connectivity index (χ2n) is 7.39. The van der Waals surface area contributed by atoms with E-state index in [1.165, 1.54) is 5.56 Å². The molecule has 0 aliphatic carbocycles. The highest BCUT2D eigenvalue weighted by Gasteiger charge is 2.21. The Morgan fingerprint density at radius 2 is 1.93 bits per heavy atom. The lowest BCUT2D eigenvalue weighted by molar-refractivity contribution is -0.0292. The smallest absolute Gasteiger partial charge is 0.251 e. The fourth-order valence-electron chi connectivity index (χ4n) is 3.53. The first kappa shape index (κ1) is 20.4. The molecule has 1 amide bonds. The van der Waals surface area contributed by atoms with Crippen molar-refractivity contribution in [3.05, 3.63) is 65.7 Å². The molecule has 1 aliphatic heterocycles. The normalized spacial score (nSPS) is 17.3.